The van der Waals surface area contributed by atoms with E-state index in [0.29, 0.717) is 17.3 Å². The second-order valence-corrected chi connectivity index (χ2v) is 10.4. The maximum Gasteiger partial charge on any atom is 0.141 e. The number of anilines is 1. The van der Waals surface area contributed by atoms with E-state index in [1.807, 2.05) is 57.0 Å². The van der Waals surface area contributed by atoms with Crippen LogP contribution in [0.25, 0.3) is 0 Å². The molecule has 0 heterocycles. The second-order valence-electron chi connectivity index (χ2n) is 10.4. The SMILES string of the molecule is CC[C@H]1CC1(CC)c1ccccc1C(=NC)N(C(=N)c1ccccc1C)c1c(C)cc(C)c(C#N)c1C. The van der Waals surface area contributed by atoms with Gasteiger partial charge in [0.1, 0.15) is 11.7 Å². The van der Waals surface area contributed by atoms with Gasteiger partial charge in [-0.15, -0.1) is 0 Å². The Hall–Kier alpha value is -3.71. The van der Waals surface area contributed by atoms with Gasteiger partial charge in [0.15, 0.2) is 0 Å². The third kappa shape index (κ3) is 4.37. The van der Waals surface area contributed by atoms with Crippen molar-refractivity contribution in [2.45, 2.75) is 66.2 Å². The number of nitrogens with zero attached hydrogens (tertiary/aromatic N) is 3. The zero-order valence-corrected chi connectivity index (χ0v) is 23.2. The topological polar surface area (TPSA) is 63.2 Å². The van der Waals surface area contributed by atoms with Crippen LogP contribution in [0.2, 0.25) is 0 Å². The van der Waals surface area contributed by atoms with Crippen LogP contribution in [0.3, 0.4) is 0 Å². The Morgan fingerprint density at radius 2 is 1.65 bits per heavy atom. The number of amidine groups is 2. The highest BCUT2D eigenvalue weighted by molar-refractivity contribution is 6.29. The van der Waals surface area contributed by atoms with Crippen molar-refractivity contribution < 1.29 is 0 Å². The van der Waals surface area contributed by atoms with Crippen LogP contribution in [-0.2, 0) is 5.41 Å². The zero-order valence-electron chi connectivity index (χ0n) is 23.2. The Morgan fingerprint density at radius 3 is 2.22 bits per heavy atom. The van der Waals surface area contributed by atoms with E-state index < -0.39 is 0 Å². The fourth-order valence-corrected chi connectivity index (χ4v) is 6.30. The molecule has 0 amide bonds. The van der Waals surface area contributed by atoms with Crippen molar-refractivity contribution in [2.75, 3.05) is 11.9 Å². The van der Waals surface area contributed by atoms with E-state index in [1.165, 1.54) is 12.0 Å². The van der Waals surface area contributed by atoms with Crippen molar-refractivity contribution in [3.8, 4) is 6.07 Å². The number of nitrogens with one attached hydrogen (secondary N) is 1. The summed E-state index contributed by atoms with van der Waals surface area (Å²) in [7, 11) is 1.82. The Balaban J connectivity index is 2.02. The molecule has 0 aliphatic heterocycles. The lowest BCUT2D eigenvalue weighted by atomic mass is 9.85. The maximum absolute atomic E-state index is 10.0. The summed E-state index contributed by atoms with van der Waals surface area (Å²) in [6, 6.07) is 21.1. The molecule has 0 aromatic heterocycles. The van der Waals surface area contributed by atoms with Crippen LogP contribution in [-0.4, -0.2) is 18.7 Å². The van der Waals surface area contributed by atoms with Crippen molar-refractivity contribution in [1.29, 1.82) is 10.7 Å². The molecule has 1 aliphatic carbocycles. The number of rotatable bonds is 6. The molecule has 0 radical (unpaired) electrons. The molecule has 3 aromatic carbocycles. The molecule has 4 nitrogen and oxygen atoms in total. The Bertz CT molecular complexity index is 1420. The van der Waals surface area contributed by atoms with Crippen LogP contribution in [0.4, 0.5) is 5.69 Å². The lowest BCUT2D eigenvalue weighted by molar-refractivity contribution is 0.571. The monoisotopic (exact) mass is 490 g/mol. The molecule has 1 N–H and O–H groups in total. The number of benzene rings is 3. The molecule has 1 fully saturated rings. The molecule has 0 bridgehead atoms. The summed E-state index contributed by atoms with van der Waals surface area (Å²) in [6.45, 7) is 12.6. The second kappa shape index (κ2) is 10.3. The van der Waals surface area contributed by atoms with Gasteiger partial charge in [0, 0.05) is 18.2 Å². The van der Waals surface area contributed by atoms with Crippen LogP contribution in [0, 0.1) is 50.4 Å². The average Bonchev–Trinajstić information content (AvgIpc) is 3.63. The van der Waals surface area contributed by atoms with E-state index >= 15 is 0 Å². The van der Waals surface area contributed by atoms with Crippen LogP contribution < -0.4 is 4.90 Å². The van der Waals surface area contributed by atoms with E-state index in [0.717, 1.165) is 57.7 Å². The predicted molar refractivity (Wildman–Crippen MR) is 155 cm³/mol. The summed E-state index contributed by atoms with van der Waals surface area (Å²) in [5, 5.41) is 19.6. The molecular weight excluding hydrogens is 452 g/mol. The largest absolute Gasteiger partial charge is 0.283 e. The van der Waals surface area contributed by atoms with E-state index in [2.05, 4.69) is 57.2 Å². The molecule has 0 spiro atoms. The molecule has 4 heteroatoms. The number of hydrogen-bond acceptors (Lipinski definition) is 3. The minimum Gasteiger partial charge on any atom is -0.283 e. The van der Waals surface area contributed by atoms with Crippen LogP contribution in [0.15, 0.2) is 59.6 Å². The van der Waals surface area contributed by atoms with Crippen molar-refractivity contribution in [3.05, 3.63) is 99.1 Å². The minimum absolute atomic E-state index is 0.146. The highest BCUT2D eigenvalue weighted by Crippen LogP contribution is 2.59. The van der Waals surface area contributed by atoms with Gasteiger partial charge in [0.25, 0.3) is 0 Å². The number of hydrogen-bond donors (Lipinski definition) is 1. The quantitative estimate of drug-likeness (QED) is 0.283. The summed E-state index contributed by atoms with van der Waals surface area (Å²) < 4.78 is 0. The fourth-order valence-electron chi connectivity index (χ4n) is 6.30. The molecule has 190 valence electrons. The summed E-state index contributed by atoms with van der Waals surface area (Å²) in [5.41, 5.74) is 8.78. The zero-order chi connectivity index (χ0) is 26.9. The Labute approximate surface area is 222 Å². The lowest BCUT2D eigenvalue weighted by Gasteiger charge is -2.33. The first-order valence-corrected chi connectivity index (χ1v) is 13.3. The first-order valence-electron chi connectivity index (χ1n) is 13.3. The van der Waals surface area contributed by atoms with Gasteiger partial charge in [0.05, 0.1) is 17.3 Å². The molecule has 37 heavy (non-hydrogen) atoms. The van der Waals surface area contributed by atoms with Gasteiger partial charge in [-0.2, -0.15) is 5.26 Å². The highest BCUT2D eigenvalue weighted by atomic mass is 15.2. The van der Waals surface area contributed by atoms with Gasteiger partial charge < -0.3 is 0 Å². The first-order chi connectivity index (χ1) is 17.7. The molecule has 1 aliphatic rings. The molecule has 3 aromatic rings. The van der Waals surface area contributed by atoms with Gasteiger partial charge in [0.2, 0.25) is 0 Å². The summed E-state index contributed by atoms with van der Waals surface area (Å²) in [6.07, 6.45) is 3.42. The summed E-state index contributed by atoms with van der Waals surface area (Å²) >= 11 is 0. The first kappa shape index (κ1) is 26.4. The van der Waals surface area contributed by atoms with Crippen molar-refractivity contribution in [1.82, 2.24) is 0 Å². The van der Waals surface area contributed by atoms with Gasteiger partial charge in [-0.3, -0.25) is 15.3 Å². The van der Waals surface area contributed by atoms with Gasteiger partial charge in [-0.25, -0.2) is 0 Å². The third-order valence-corrected chi connectivity index (χ3v) is 8.37. The number of aryl methyl sites for hydroxylation is 3. The van der Waals surface area contributed by atoms with E-state index in [4.69, 9.17) is 4.99 Å². The molecule has 0 saturated heterocycles. The van der Waals surface area contributed by atoms with Crippen LogP contribution >= 0.6 is 0 Å². The van der Waals surface area contributed by atoms with Crippen molar-refractivity contribution in [2.24, 2.45) is 10.9 Å². The van der Waals surface area contributed by atoms with Crippen LogP contribution in [0.5, 0.6) is 0 Å². The smallest absolute Gasteiger partial charge is 0.141 e. The molecule has 1 saturated carbocycles. The molecule has 1 unspecified atom stereocenters. The van der Waals surface area contributed by atoms with Gasteiger partial charge >= 0.3 is 0 Å². The van der Waals surface area contributed by atoms with Gasteiger partial charge in [-0.1, -0.05) is 74.9 Å². The van der Waals surface area contributed by atoms with E-state index in [1.54, 1.807) is 0 Å². The fraction of sp³-hybridized carbons (Fsp3) is 0.364. The third-order valence-electron chi connectivity index (χ3n) is 8.37. The molecule has 4 rings (SSSR count). The summed E-state index contributed by atoms with van der Waals surface area (Å²) in [4.78, 5) is 6.86. The van der Waals surface area contributed by atoms with Gasteiger partial charge in [-0.05, 0) is 79.7 Å². The Kier molecular flexibility index (Phi) is 7.37. The number of aliphatic imine (C=N–C) groups is 1. The van der Waals surface area contributed by atoms with E-state index in [9.17, 15) is 10.7 Å². The average molecular weight is 491 g/mol. The Morgan fingerprint density at radius 1 is 1.00 bits per heavy atom. The lowest BCUT2D eigenvalue weighted by Crippen LogP contribution is -2.40. The maximum atomic E-state index is 10.0. The molecular formula is C33H38N4. The predicted octanol–water partition coefficient (Wildman–Crippen LogP) is 7.78. The standard InChI is InChI=1S/C33H38N4/c1-8-25-19-33(25,9-2)29-17-13-12-16-27(29)32(36-7)37(31(35)26-15-11-10-14-21(26)3)30-23(5)18-22(4)28(20-34)24(30)6/h10-18,25,35H,8-9,19H2,1-7H3/t25-,33?/m0/s1. The summed E-state index contributed by atoms with van der Waals surface area (Å²) in [5.74, 6) is 1.77. The minimum atomic E-state index is 0.146. The number of nitriles is 1. The van der Waals surface area contributed by atoms with E-state index in [-0.39, 0.29) is 5.41 Å². The van der Waals surface area contributed by atoms with Crippen molar-refractivity contribution in [3.63, 3.8) is 0 Å². The van der Waals surface area contributed by atoms with Crippen molar-refractivity contribution >= 4 is 17.4 Å². The molecule has 2 atom stereocenters. The highest BCUT2D eigenvalue weighted by Gasteiger charge is 2.53. The van der Waals surface area contributed by atoms with Crippen LogP contribution in [0.1, 0.15) is 77.6 Å². The normalized spacial score (nSPS) is 18.9.